The van der Waals surface area contributed by atoms with E-state index in [0.29, 0.717) is 22.8 Å². The molecule has 1 N–H and O–H groups in total. The lowest BCUT2D eigenvalue weighted by atomic mass is 10.1. The predicted octanol–water partition coefficient (Wildman–Crippen LogP) is 2.14. The molecule has 0 atom stereocenters. The Balaban J connectivity index is 1.74. The summed E-state index contributed by atoms with van der Waals surface area (Å²) in [5, 5.41) is 2.65. The van der Waals surface area contributed by atoms with Gasteiger partial charge in [0.2, 0.25) is 0 Å². The van der Waals surface area contributed by atoms with Crippen molar-refractivity contribution in [1.82, 2.24) is 5.32 Å². The molecule has 8 heteroatoms. The van der Waals surface area contributed by atoms with Crippen LogP contribution in [0, 0.1) is 0 Å². The zero-order valence-corrected chi connectivity index (χ0v) is 16.5. The number of amides is 1. The third-order valence-electron chi connectivity index (χ3n) is 3.90. The Morgan fingerprint density at radius 3 is 2.38 bits per heavy atom. The van der Waals surface area contributed by atoms with Gasteiger partial charge in [0.1, 0.15) is 5.75 Å². The summed E-state index contributed by atoms with van der Waals surface area (Å²) in [6, 6.07) is 11.7. The van der Waals surface area contributed by atoms with Crippen molar-refractivity contribution >= 4 is 17.7 Å². The number of methoxy groups -OCH3 is 2. The van der Waals surface area contributed by atoms with Gasteiger partial charge < -0.3 is 24.3 Å². The topological polar surface area (TPSA) is 100 Å². The maximum atomic E-state index is 11.9. The zero-order valence-electron chi connectivity index (χ0n) is 16.5. The van der Waals surface area contributed by atoms with Gasteiger partial charge in [-0.05, 0) is 36.8 Å². The van der Waals surface area contributed by atoms with Gasteiger partial charge in [0, 0.05) is 12.1 Å². The first kappa shape index (κ1) is 21.7. The Kier molecular flexibility index (Phi) is 8.02. The molecule has 2 rings (SSSR count). The lowest BCUT2D eigenvalue weighted by Crippen LogP contribution is -2.29. The number of carbonyl (C=O) groups is 3. The van der Waals surface area contributed by atoms with Crippen LogP contribution in [0.4, 0.5) is 0 Å². The van der Waals surface area contributed by atoms with Crippen molar-refractivity contribution in [2.75, 3.05) is 27.4 Å². The third kappa shape index (κ3) is 6.84. The Bertz CT molecular complexity index is 879. The summed E-state index contributed by atoms with van der Waals surface area (Å²) >= 11 is 0. The molecule has 0 aliphatic rings. The van der Waals surface area contributed by atoms with Crippen molar-refractivity contribution in [3.63, 3.8) is 0 Å². The first-order chi connectivity index (χ1) is 13.9. The van der Waals surface area contributed by atoms with Gasteiger partial charge in [0.25, 0.3) is 5.91 Å². The summed E-state index contributed by atoms with van der Waals surface area (Å²) in [4.78, 5) is 35.0. The van der Waals surface area contributed by atoms with E-state index in [9.17, 15) is 14.4 Å². The van der Waals surface area contributed by atoms with Crippen LogP contribution >= 0.6 is 0 Å². The molecule has 0 bridgehead atoms. The molecule has 1 amide bonds. The number of esters is 1. The zero-order chi connectivity index (χ0) is 21.2. The molecule has 0 fully saturated rings. The number of ketones is 1. The van der Waals surface area contributed by atoms with Gasteiger partial charge in [0.15, 0.2) is 30.5 Å². The molecule has 0 aliphatic heterocycles. The normalized spacial score (nSPS) is 10.0. The largest absolute Gasteiger partial charge is 0.493 e. The molecule has 2 aromatic carbocycles. The molecule has 0 saturated heterocycles. The molecular formula is C21H23NO7. The molecule has 0 aliphatic carbocycles. The molecule has 154 valence electrons. The lowest BCUT2D eigenvalue weighted by Gasteiger charge is -2.11. The SMILES string of the molecule is COc1ccc(CNC(=O)COC(=O)COc2cccc(C(C)=O)c2)cc1OC. The van der Waals surface area contributed by atoms with Gasteiger partial charge in [0.05, 0.1) is 14.2 Å². The van der Waals surface area contributed by atoms with Gasteiger partial charge >= 0.3 is 5.97 Å². The van der Waals surface area contributed by atoms with Crippen molar-refractivity contribution in [3.8, 4) is 17.2 Å². The van der Waals surface area contributed by atoms with Crippen LogP contribution in [0.2, 0.25) is 0 Å². The van der Waals surface area contributed by atoms with E-state index in [4.69, 9.17) is 18.9 Å². The molecular weight excluding hydrogens is 378 g/mol. The summed E-state index contributed by atoms with van der Waals surface area (Å²) in [7, 11) is 3.06. The van der Waals surface area contributed by atoms with E-state index in [0.717, 1.165) is 5.56 Å². The first-order valence-electron chi connectivity index (χ1n) is 8.80. The maximum Gasteiger partial charge on any atom is 0.344 e. The standard InChI is InChI=1S/C21H23NO7/c1-14(23)16-5-4-6-17(10-16)28-13-21(25)29-12-20(24)22-11-15-7-8-18(26-2)19(9-15)27-3/h4-10H,11-13H2,1-3H3,(H,22,24). The van der Waals surface area contributed by atoms with Gasteiger partial charge in [-0.15, -0.1) is 0 Å². The Morgan fingerprint density at radius 1 is 0.931 bits per heavy atom. The second-order valence-electron chi connectivity index (χ2n) is 6.00. The number of rotatable bonds is 10. The summed E-state index contributed by atoms with van der Waals surface area (Å²) in [6.45, 7) is 0.881. The fourth-order valence-corrected chi connectivity index (χ4v) is 2.38. The van der Waals surface area contributed by atoms with E-state index in [1.807, 2.05) is 0 Å². The highest BCUT2D eigenvalue weighted by atomic mass is 16.6. The second-order valence-corrected chi connectivity index (χ2v) is 6.00. The van der Waals surface area contributed by atoms with Crippen molar-refractivity contribution < 1.29 is 33.3 Å². The fraction of sp³-hybridized carbons (Fsp3) is 0.286. The molecule has 0 aromatic heterocycles. The summed E-state index contributed by atoms with van der Waals surface area (Å²) in [5.74, 6) is 0.255. The molecule has 8 nitrogen and oxygen atoms in total. The third-order valence-corrected chi connectivity index (χ3v) is 3.90. The van der Waals surface area contributed by atoms with E-state index in [1.165, 1.54) is 27.2 Å². The average molecular weight is 401 g/mol. The number of carbonyl (C=O) groups excluding carboxylic acids is 3. The van der Waals surface area contributed by atoms with Crippen LogP contribution in [0.1, 0.15) is 22.8 Å². The minimum absolute atomic E-state index is 0.107. The van der Waals surface area contributed by atoms with Gasteiger partial charge in [-0.25, -0.2) is 4.79 Å². The smallest absolute Gasteiger partial charge is 0.344 e. The van der Waals surface area contributed by atoms with Crippen molar-refractivity contribution in [1.29, 1.82) is 0 Å². The summed E-state index contributed by atoms with van der Waals surface area (Å²) in [6.07, 6.45) is 0. The second kappa shape index (κ2) is 10.7. The van der Waals surface area contributed by atoms with Crippen LogP contribution in [0.25, 0.3) is 0 Å². The van der Waals surface area contributed by atoms with Crippen molar-refractivity contribution in [2.45, 2.75) is 13.5 Å². The quantitative estimate of drug-likeness (QED) is 0.481. The number of Topliss-reactive ketones (excluding diaryl/α,β-unsaturated/α-hetero) is 1. The van der Waals surface area contributed by atoms with E-state index in [2.05, 4.69) is 5.32 Å². The van der Waals surface area contributed by atoms with Gasteiger partial charge in [-0.3, -0.25) is 9.59 Å². The van der Waals surface area contributed by atoms with E-state index >= 15 is 0 Å². The van der Waals surface area contributed by atoms with E-state index in [1.54, 1.807) is 36.4 Å². The molecule has 29 heavy (non-hydrogen) atoms. The Hall–Kier alpha value is -3.55. The summed E-state index contributed by atoms with van der Waals surface area (Å²) in [5.41, 5.74) is 1.28. The van der Waals surface area contributed by atoms with Crippen LogP contribution in [-0.2, 0) is 20.9 Å². The van der Waals surface area contributed by atoms with Crippen LogP contribution in [0.5, 0.6) is 17.2 Å². The Morgan fingerprint density at radius 2 is 1.69 bits per heavy atom. The van der Waals surface area contributed by atoms with Crippen molar-refractivity contribution in [2.24, 2.45) is 0 Å². The predicted molar refractivity (Wildman–Crippen MR) is 104 cm³/mol. The monoisotopic (exact) mass is 401 g/mol. The lowest BCUT2D eigenvalue weighted by molar-refractivity contribution is -0.150. The maximum absolute atomic E-state index is 11.9. The van der Waals surface area contributed by atoms with Crippen LogP contribution in [0.3, 0.4) is 0 Å². The highest BCUT2D eigenvalue weighted by molar-refractivity contribution is 5.94. The van der Waals surface area contributed by atoms with E-state index < -0.39 is 18.5 Å². The number of hydrogen-bond acceptors (Lipinski definition) is 7. The molecule has 0 spiro atoms. The number of nitrogens with one attached hydrogen (secondary N) is 1. The average Bonchev–Trinajstić information content (AvgIpc) is 2.74. The van der Waals surface area contributed by atoms with Gasteiger partial charge in [-0.1, -0.05) is 18.2 Å². The Labute approximate surface area is 168 Å². The number of ether oxygens (including phenoxy) is 4. The molecule has 0 saturated carbocycles. The molecule has 0 radical (unpaired) electrons. The minimum atomic E-state index is -0.695. The number of benzene rings is 2. The number of hydrogen-bond donors (Lipinski definition) is 1. The molecule has 2 aromatic rings. The highest BCUT2D eigenvalue weighted by Gasteiger charge is 2.10. The molecule has 0 unspecified atom stereocenters. The highest BCUT2D eigenvalue weighted by Crippen LogP contribution is 2.27. The van der Waals surface area contributed by atoms with E-state index in [-0.39, 0.29) is 18.9 Å². The minimum Gasteiger partial charge on any atom is -0.493 e. The fourth-order valence-electron chi connectivity index (χ4n) is 2.38. The van der Waals surface area contributed by atoms with Crippen LogP contribution in [0.15, 0.2) is 42.5 Å². The summed E-state index contributed by atoms with van der Waals surface area (Å²) < 4.78 is 20.5. The molecule has 0 heterocycles. The first-order valence-corrected chi connectivity index (χ1v) is 8.80. The van der Waals surface area contributed by atoms with Crippen molar-refractivity contribution in [3.05, 3.63) is 53.6 Å². The van der Waals surface area contributed by atoms with Gasteiger partial charge in [-0.2, -0.15) is 0 Å². The van der Waals surface area contributed by atoms with Crippen LogP contribution < -0.4 is 19.5 Å². The van der Waals surface area contributed by atoms with Crippen LogP contribution in [-0.4, -0.2) is 45.1 Å².